The third kappa shape index (κ3) is 5.19. The molecule has 2 aromatic rings. The Morgan fingerprint density at radius 2 is 1.74 bits per heavy atom. The molecule has 2 N–H and O–H groups in total. The summed E-state index contributed by atoms with van der Waals surface area (Å²) in [5, 5.41) is 2.79. The van der Waals surface area contributed by atoms with Crippen molar-refractivity contribution in [3.63, 3.8) is 0 Å². The minimum Gasteiger partial charge on any atom is -0.352 e. The number of amides is 1. The highest BCUT2D eigenvalue weighted by atomic mass is 32.2. The van der Waals surface area contributed by atoms with Gasteiger partial charge in [-0.2, -0.15) is 0 Å². The molecule has 0 saturated heterocycles. The summed E-state index contributed by atoms with van der Waals surface area (Å²) in [4.78, 5) is 24.9. The number of anilines is 1. The van der Waals surface area contributed by atoms with Gasteiger partial charge in [0.15, 0.2) is 0 Å². The number of carbonyl (C=O) groups excluding carboxylic acids is 1. The summed E-state index contributed by atoms with van der Waals surface area (Å²) in [6, 6.07) is 9.32. The maximum atomic E-state index is 12.7. The third-order valence-electron chi connectivity index (χ3n) is 4.29. The molecule has 146 valence electrons. The van der Waals surface area contributed by atoms with E-state index in [4.69, 9.17) is 0 Å². The number of nitrogens with zero attached hydrogens (tertiary/aromatic N) is 1. The van der Waals surface area contributed by atoms with E-state index in [0.29, 0.717) is 5.69 Å². The Balaban J connectivity index is 2.30. The molecule has 1 unspecified atom stereocenters. The Morgan fingerprint density at radius 3 is 2.33 bits per heavy atom. The van der Waals surface area contributed by atoms with E-state index in [2.05, 4.69) is 10.0 Å². The summed E-state index contributed by atoms with van der Waals surface area (Å²) in [5.74, 6) is -0.298. The highest BCUT2D eigenvalue weighted by molar-refractivity contribution is 7.92. The molecule has 1 amide bonds. The lowest BCUT2D eigenvalue weighted by Gasteiger charge is -2.15. The number of aryl methyl sites for hydroxylation is 2. The van der Waals surface area contributed by atoms with Crippen LogP contribution in [0.25, 0.3) is 0 Å². The van der Waals surface area contributed by atoms with Gasteiger partial charge in [-0.1, -0.05) is 24.6 Å². The van der Waals surface area contributed by atoms with Crippen LogP contribution in [0.4, 0.5) is 5.69 Å². The Morgan fingerprint density at radius 1 is 1.11 bits per heavy atom. The summed E-state index contributed by atoms with van der Waals surface area (Å²) < 4.78 is 28.6. The van der Waals surface area contributed by atoms with E-state index in [0.717, 1.165) is 12.0 Å². The second kappa shape index (κ2) is 8.39. The first-order chi connectivity index (χ1) is 12.6. The molecule has 0 saturated carbocycles. The van der Waals surface area contributed by atoms with Crippen LogP contribution in [0, 0.1) is 13.8 Å². The van der Waals surface area contributed by atoms with Crippen LogP contribution in [0.3, 0.4) is 0 Å². The normalized spacial score (nSPS) is 12.4. The van der Waals surface area contributed by atoms with Crippen LogP contribution < -0.4 is 15.6 Å². The molecule has 0 aliphatic carbocycles. The largest absolute Gasteiger partial charge is 0.352 e. The summed E-state index contributed by atoms with van der Waals surface area (Å²) >= 11 is 0. The van der Waals surface area contributed by atoms with Gasteiger partial charge in [0.1, 0.15) is 12.2 Å². The van der Waals surface area contributed by atoms with Crippen LogP contribution in [0.2, 0.25) is 0 Å². The van der Waals surface area contributed by atoms with Gasteiger partial charge in [-0.05, 0) is 51.5 Å². The van der Waals surface area contributed by atoms with E-state index < -0.39 is 15.6 Å². The SMILES string of the molecule is CCC(C)NC(=O)Cn1c(C)ccc(NS(=O)(=O)c2ccc(C)cc2)c1=O. The van der Waals surface area contributed by atoms with Crippen LogP contribution >= 0.6 is 0 Å². The molecule has 0 spiro atoms. The molecule has 0 radical (unpaired) electrons. The summed E-state index contributed by atoms with van der Waals surface area (Å²) in [7, 11) is -3.90. The van der Waals surface area contributed by atoms with Gasteiger partial charge >= 0.3 is 0 Å². The molecule has 0 aliphatic rings. The van der Waals surface area contributed by atoms with Crippen LogP contribution in [0.5, 0.6) is 0 Å². The lowest BCUT2D eigenvalue weighted by Crippen LogP contribution is -2.38. The number of hydrogen-bond acceptors (Lipinski definition) is 4. The number of rotatable bonds is 7. The minimum absolute atomic E-state index is 0.00303. The number of pyridine rings is 1. The second-order valence-electron chi connectivity index (χ2n) is 6.58. The molecule has 7 nitrogen and oxygen atoms in total. The smallest absolute Gasteiger partial charge is 0.275 e. The Bertz CT molecular complexity index is 979. The van der Waals surface area contributed by atoms with Crippen molar-refractivity contribution in [1.29, 1.82) is 0 Å². The molecule has 0 fully saturated rings. The van der Waals surface area contributed by atoms with E-state index in [1.54, 1.807) is 25.1 Å². The monoisotopic (exact) mass is 391 g/mol. The summed E-state index contributed by atoms with van der Waals surface area (Å²) in [6.07, 6.45) is 0.774. The first-order valence-electron chi connectivity index (χ1n) is 8.73. The van der Waals surface area contributed by atoms with Gasteiger partial charge in [-0.25, -0.2) is 8.42 Å². The predicted octanol–water partition coefficient (Wildman–Crippen LogP) is 2.18. The number of hydrogen-bond donors (Lipinski definition) is 2. The van der Waals surface area contributed by atoms with Crippen LogP contribution in [-0.4, -0.2) is 24.9 Å². The van der Waals surface area contributed by atoms with Gasteiger partial charge in [0.2, 0.25) is 5.91 Å². The second-order valence-corrected chi connectivity index (χ2v) is 8.26. The fraction of sp³-hybridized carbons (Fsp3) is 0.368. The topological polar surface area (TPSA) is 97.3 Å². The lowest BCUT2D eigenvalue weighted by atomic mass is 10.2. The van der Waals surface area contributed by atoms with Gasteiger partial charge in [0.05, 0.1) is 4.90 Å². The van der Waals surface area contributed by atoms with E-state index in [-0.39, 0.29) is 29.1 Å². The van der Waals surface area contributed by atoms with Crippen molar-refractivity contribution in [3.05, 3.63) is 58.0 Å². The fourth-order valence-corrected chi connectivity index (χ4v) is 3.49. The van der Waals surface area contributed by atoms with Crippen molar-refractivity contribution in [2.75, 3.05) is 4.72 Å². The fourth-order valence-electron chi connectivity index (χ4n) is 2.43. The van der Waals surface area contributed by atoms with Gasteiger partial charge in [-0.3, -0.25) is 14.3 Å². The van der Waals surface area contributed by atoms with Crippen molar-refractivity contribution in [3.8, 4) is 0 Å². The van der Waals surface area contributed by atoms with E-state index in [9.17, 15) is 18.0 Å². The number of nitrogens with one attached hydrogen (secondary N) is 2. The molecule has 8 heteroatoms. The number of benzene rings is 1. The molecule has 0 aliphatic heterocycles. The first kappa shape index (κ1) is 20.7. The average Bonchev–Trinajstić information content (AvgIpc) is 2.61. The molecule has 1 aromatic carbocycles. The van der Waals surface area contributed by atoms with Crippen molar-refractivity contribution in [2.24, 2.45) is 0 Å². The number of aromatic nitrogens is 1. The van der Waals surface area contributed by atoms with Crippen molar-refractivity contribution < 1.29 is 13.2 Å². The standard InChI is InChI=1S/C19H25N3O4S/c1-5-14(3)20-18(23)12-22-15(4)8-11-17(19(22)24)21-27(25,26)16-9-6-13(2)7-10-16/h6-11,14,21H,5,12H2,1-4H3,(H,20,23). The van der Waals surface area contributed by atoms with Crippen LogP contribution in [-0.2, 0) is 21.4 Å². The van der Waals surface area contributed by atoms with Gasteiger partial charge in [-0.15, -0.1) is 0 Å². The van der Waals surface area contributed by atoms with Gasteiger partial charge in [0.25, 0.3) is 15.6 Å². The Labute approximate surface area is 159 Å². The number of sulfonamides is 1. The zero-order valence-corrected chi connectivity index (χ0v) is 16.8. The molecule has 0 bridgehead atoms. The molecule has 27 heavy (non-hydrogen) atoms. The number of carbonyl (C=O) groups is 1. The summed E-state index contributed by atoms with van der Waals surface area (Å²) in [6.45, 7) is 7.20. The van der Waals surface area contributed by atoms with Crippen molar-refractivity contribution in [1.82, 2.24) is 9.88 Å². The first-order valence-corrected chi connectivity index (χ1v) is 10.2. The molecular weight excluding hydrogens is 366 g/mol. The van der Waals surface area contributed by atoms with Crippen LogP contribution in [0.1, 0.15) is 31.5 Å². The Kier molecular flexibility index (Phi) is 6.43. The van der Waals surface area contributed by atoms with Crippen molar-refractivity contribution in [2.45, 2.75) is 51.6 Å². The maximum Gasteiger partial charge on any atom is 0.275 e. The highest BCUT2D eigenvalue weighted by Gasteiger charge is 2.18. The zero-order chi connectivity index (χ0) is 20.2. The van der Waals surface area contributed by atoms with E-state index >= 15 is 0 Å². The molecule has 1 aromatic heterocycles. The quantitative estimate of drug-likeness (QED) is 0.756. The lowest BCUT2D eigenvalue weighted by molar-refractivity contribution is -0.122. The average molecular weight is 391 g/mol. The Hall–Kier alpha value is -2.61. The van der Waals surface area contributed by atoms with Gasteiger partial charge < -0.3 is 9.88 Å². The molecule has 1 atom stereocenters. The van der Waals surface area contributed by atoms with E-state index in [1.807, 2.05) is 20.8 Å². The predicted molar refractivity (Wildman–Crippen MR) is 105 cm³/mol. The van der Waals surface area contributed by atoms with Crippen molar-refractivity contribution >= 4 is 21.6 Å². The third-order valence-corrected chi connectivity index (χ3v) is 5.67. The highest BCUT2D eigenvalue weighted by Crippen LogP contribution is 2.14. The maximum absolute atomic E-state index is 12.7. The molecular formula is C19H25N3O4S. The summed E-state index contributed by atoms with van der Waals surface area (Å²) in [5.41, 5.74) is 0.832. The zero-order valence-electron chi connectivity index (χ0n) is 15.9. The minimum atomic E-state index is -3.90. The van der Waals surface area contributed by atoms with Gasteiger partial charge in [0, 0.05) is 11.7 Å². The molecule has 1 heterocycles. The van der Waals surface area contributed by atoms with Crippen LogP contribution in [0.15, 0.2) is 46.1 Å². The van der Waals surface area contributed by atoms with E-state index in [1.165, 1.54) is 22.8 Å². The molecule has 2 rings (SSSR count).